The van der Waals surface area contributed by atoms with Gasteiger partial charge in [0.15, 0.2) is 11.0 Å². The topological polar surface area (TPSA) is 59.8 Å². The molecule has 0 spiro atoms. The summed E-state index contributed by atoms with van der Waals surface area (Å²) in [4.78, 5) is 12.4. The van der Waals surface area contributed by atoms with Gasteiger partial charge in [-0.1, -0.05) is 42.1 Å². The Morgan fingerprint density at radius 2 is 1.81 bits per heavy atom. The lowest BCUT2D eigenvalue weighted by molar-refractivity contribution is -0.113. The maximum Gasteiger partial charge on any atom is 0.234 e. The van der Waals surface area contributed by atoms with Crippen LogP contribution in [0, 0.1) is 17.4 Å². The molecule has 0 aliphatic rings. The van der Waals surface area contributed by atoms with Crippen LogP contribution in [0.4, 0.5) is 5.69 Å². The van der Waals surface area contributed by atoms with Gasteiger partial charge in [0.25, 0.3) is 0 Å². The first-order chi connectivity index (χ1) is 12.5. The van der Waals surface area contributed by atoms with Gasteiger partial charge in [0.2, 0.25) is 5.91 Å². The molecule has 5 nitrogen and oxygen atoms in total. The lowest BCUT2D eigenvalue weighted by atomic mass is 10.1. The van der Waals surface area contributed by atoms with Crippen LogP contribution in [0.5, 0.6) is 0 Å². The first-order valence-electron chi connectivity index (χ1n) is 8.10. The van der Waals surface area contributed by atoms with Crippen LogP contribution in [0.3, 0.4) is 0 Å². The lowest BCUT2D eigenvalue weighted by Crippen LogP contribution is -2.16. The molecule has 1 heterocycles. The van der Waals surface area contributed by atoms with E-state index in [4.69, 9.17) is 0 Å². The number of hydrogen-bond donors (Lipinski definition) is 1. The largest absolute Gasteiger partial charge is 0.325 e. The Bertz CT molecular complexity index is 917. The molecule has 1 N–H and O–H groups in total. The van der Waals surface area contributed by atoms with Gasteiger partial charge in [-0.15, -0.1) is 10.2 Å². The minimum atomic E-state index is -0.0494. The average molecular weight is 478 g/mol. The SMILES string of the molecule is Cc1cc(I)cc(C)c1NC(=O)CSc1nnc(-c2ccccc2)n1C. The summed E-state index contributed by atoms with van der Waals surface area (Å²) >= 11 is 3.66. The first kappa shape index (κ1) is 18.9. The molecule has 0 aliphatic heterocycles. The van der Waals surface area contributed by atoms with Crippen molar-refractivity contribution in [2.75, 3.05) is 11.1 Å². The molecule has 0 radical (unpaired) electrons. The van der Waals surface area contributed by atoms with Gasteiger partial charge in [-0.05, 0) is 59.7 Å². The molecule has 3 rings (SSSR count). The third-order valence-corrected chi connectivity index (χ3v) is 5.60. The van der Waals surface area contributed by atoms with Gasteiger partial charge in [0.05, 0.1) is 5.75 Å². The Kier molecular flexibility index (Phi) is 5.98. The number of hydrogen-bond acceptors (Lipinski definition) is 4. The molecule has 0 bridgehead atoms. The Morgan fingerprint density at radius 1 is 1.15 bits per heavy atom. The molecule has 26 heavy (non-hydrogen) atoms. The summed E-state index contributed by atoms with van der Waals surface area (Å²) in [6.45, 7) is 4.01. The minimum absolute atomic E-state index is 0.0494. The summed E-state index contributed by atoms with van der Waals surface area (Å²) in [5.41, 5.74) is 4.03. The highest BCUT2D eigenvalue weighted by Crippen LogP contribution is 2.25. The highest BCUT2D eigenvalue weighted by atomic mass is 127. The van der Waals surface area contributed by atoms with E-state index in [2.05, 4.69) is 50.2 Å². The summed E-state index contributed by atoms with van der Waals surface area (Å²) in [6, 6.07) is 14.0. The maximum atomic E-state index is 12.4. The van der Waals surface area contributed by atoms with Gasteiger partial charge in [-0.3, -0.25) is 4.79 Å². The van der Waals surface area contributed by atoms with E-state index in [9.17, 15) is 4.79 Å². The zero-order valence-electron chi connectivity index (χ0n) is 14.8. The van der Waals surface area contributed by atoms with E-state index in [1.807, 2.05) is 55.8 Å². The van der Waals surface area contributed by atoms with Crippen LogP contribution in [-0.2, 0) is 11.8 Å². The molecule has 134 valence electrons. The number of aromatic nitrogens is 3. The number of nitrogens with one attached hydrogen (secondary N) is 1. The smallest absolute Gasteiger partial charge is 0.234 e. The number of nitrogens with zero attached hydrogens (tertiary/aromatic N) is 3. The van der Waals surface area contributed by atoms with Crippen molar-refractivity contribution < 1.29 is 4.79 Å². The fourth-order valence-electron chi connectivity index (χ4n) is 2.69. The van der Waals surface area contributed by atoms with E-state index in [0.29, 0.717) is 0 Å². The van der Waals surface area contributed by atoms with E-state index < -0.39 is 0 Å². The van der Waals surface area contributed by atoms with Crippen LogP contribution in [0.15, 0.2) is 47.6 Å². The van der Waals surface area contributed by atoms with Crippen molar-refractivity contribution in [1.82, 2.24) is 14.8 Å². The third kappa shape index (κ3) is 4.27. The second kappa shape index (κ2) is 8.22. The number of amides is 1. The second-order valence-electron chi connectivity index (χ2n) is 5.98. The zero-order chi connectivity index (χ0) is 18.7. The fourth-order valence-corrected chi connectivity index (χ4v) is 4.34. The van der Waals surface area contributed by atoms with Crippen LogP contribution < -0.4 is 5.32 Å². The van der Waals surface area contributed by atoms with Crippen molar-refractivity contribution >= 4 is 45.9 Å². The molecule has 7 heteroatoms. The van der Waals surface area contributed by atoms with Gasteiger partial charge in [-0.2, -0.15) is 0 Å². The van der Waals surface area contributed by atoms with Crippen LogP contribution in [0.25, 0.3) is 11.4 Å². The number of rotatable bonds is 5. The van der Waals surface area contributed by atoms with Crippen LogP contribution in [-0.4, -0.2) is 26.4 Å². The van der Waals surface area contributed by atoms with Gasteiger partial charge >= 0.3 is 0 Å². The molecule has 0 saturated carbocycles. The van der Waals surface area contributed by atoms with Crippen LogP contribution in [0.2, 0.25) is 0 Å². The number of halogens is 1. The van der Waals surface area contributed by atoms with Crippen LogP contribution >= 0.6 is 34.4 Å². The Labute approximate surface area is 170 Å². The average Bonchev–Trinajstić information content (AvgIpc) is 2.98. The number of carbonyl (C=O) groups excluding carboxylic acids is 1. The van der Waals surface area contributed by atoms with Crippen molar-refractivity contribution in [3.8, 4) is 11.4 Å². The standard InChI is InChI=1S/C19H19IN4OS/c1-12-9-15(20)10-13(2)17(12)21-16(25)11-26-19-23-22-18(24(19)3)14-7-5-4-6-8-14/h4-10H,11H2,1-3H3,(H,21,25). The zero-order valence-corrected chi connectivity index (χ0v) is 17.8. The van der Waals surface area contributed by atoms with E-state index in [-0.39, 0.29) is 11.7 Å². The van der Waals surface area contributed by atoms with Gasteiger partial charge in [-0.25, -0.2) is 0 Å². The minimum Gasteiger partial charge on any atom is -0.325 e. The summed E-state index contributed by atoms with van der Waals surface area (Å²) in [6.07, 6.45) is 0. The molecular formula is C19H19IN4OS. The molecule has 1 aromatic heterocycles. The van der Waals surface area contributed by atoms with Gasteiger partial charge in [0, 0.05) is 21.9 Å². The highest BCUT2D eigenvalue weighted by molar-refractivity contribution is 14.1. The Hall–Kier alpha value is -1.87. The number of anilines is 1. The molecule has 0 aliphatic carbocycles. The third-order valence-electron chi connectivity index (χ3n) is 3.96. The summed E-state index contributed by atoms with van der Waals surface area (Å²) in [5.74, 6) is 1.02. The Balaban J connectivity index is 1.67. The van der Waals surface area contributed by atoms with Crippen molar-refractivity contribution in [2.24, 2.45) is 7.05 Å². The quantitative estimate of drug-likeness (QED) is 0.436. The van der Waals surface area contributed by atoms with E-state index >= 15 is 0 Å². The molecule has 0 fully saturated rings. The molecular weight excluding hydrogens is 459 g/mol. The van der Waals surface area contributed by atoms with E-state index in [1.54, 1.807) is 0 Å². The highest BCUT2D eigenvalue weighted by Gasteiger charge is 2.14. The van der Waals surface area contributed by atoms with Crippen molar-refractivity contribution in [1.29, 1.82) is 0 Å². The normalized spacial score (nSPS) is 10.8. The van der Waals surface area contributed by atoms with Crippen molar-refractivity contribution in [3.63, 3.8) is 0 Å². The lowest BCUT2D eigenvalue weighted by Gasteiger charge is -2.12. The summed E-state index contributed by atoms with van der Waals surface area (Å²) < 4.78 is 3.08. The predicted molar refractivity (Wildman–Crippen MR) is 114 cm³/mol. The summed E-state index contributed by atoms with van der Waals surface area (Å²) in [7, 11) is 1.91. The maximum absolute atomic E-state index is 12.4. The van der Waals surface area contributed by atoms with Crippen molar-refractivity contribution in [3.05, 3.63) is 57.2 Å². The second-order valence-corrected chi connectivity index (χ2v) is 8.17. The fraction of sp³-hybridized carbons (Fsp3) is 0.211. The van der Waals surface area contributed by atoms with Gasteiger partial charge < -0.3 is 9.88 Å². The van der Waals surface area contributed by atoms with Crippen LogP contribution in [0.1, 0.15) is 11.1 Å². The van der Waals surface area contributed by atoms with E-state index in [0.717, 1.165) is 36.9 Å². The molecule has 0 unspecified atom stereocenters. The Morgan fingerprint density at radius 3 is 2.46 bits per heavy atom. The molecule has 0 saturated heterocycles. The van der Waals surface area contributed by atoms with Crippen molar-refractivity contribution in [2.45, 2.75) is 19.0 Å². The number of carbonyl (C=O) groups is 1. The molecule has 0 atom stereocenters. The molecule has 3 aromatic rings. The van der Waals surface area contributed by atoms with Gasteiger partial charge in [0.1, 0.15) is 0 Å². The molecule has 1 amide bonds. The van der Waals surface area contributed by atoms with E-state index in [1.165, 1.54) is 11.8 Å². The first-order valence-corrected chi connectivity index (χ1v) is 10.2. The monoisotopic (exact) mass is 478 g/mol. The number of benzene rings is 2. The molecule has 2 aromatic carbocycles. The number of thioether (sulfide) groups is 1. The summed E-state index contributed by atoms with van der Waals surface area (Å²) in [5, 5.41) is 12.2. The predicted octanol–water partition coefficient (Wildman–Crippen LogP) is 4.43. The number of aryl methyl sites for hydroxylation is 2.